The topological polar surface area (TPSA) is 83.4 Å². The summed E-state index contributed by atoms with van der Waals surface area (Å²) in [5.41, 5.74) is 2.29. The Kier molecular flexibility index (Phi) is 6.59. The molecule has 0 unspecified atom stereocenters. The van der Waals surface area contributed by atoms with E-state index in [1.165, 1.54) is 0 Å². The first kappa shape index (κ1) is 22.8. The number of pyridine rings is 1. The van der Waals surface area contributed by atoms with Gasteiger partial charge in [0.1, 0.15) is 6.54 Å². The Morgan fingerprint density at radius 2 is 1.31 bits per heavy atom. The number of carbonyl (C=O) groups excluding carboxylic acids is 2. The van der Waals surface area contributed by atoms with E-state index in [1.54, 1.807) is 0 Å². The monoisotopic (exact) mass is 468 g/mol. The van der Waals surface area contributed by atoms with Crippen LogP contribution in [0.1, 0.15) is 12.8 Å². The average Bonchev–Trinajstić information content (AvgIpc) is 2.88. The first-order chi connectivity index (χ1) is 17.1. The number of nitrogens with zero attached hydrogens (tertiary/aromatic N) is 2. The molecule has 1 fully saturated rings. The second kappa shape index (κ2) is 10.1. The highest BCUT2D eigenvalue weighted by Crippen LogP contribution is 2.19. The highest BCUT2D eigenvalue weighted by Gasteiger charge is 2.23. The number of nitrogens with one attached hydrogen (secondary N) is 2. The molecule has 0 spiro atoms. The number of aromatic nitrogens is 1. The highest BCUT2D eigenvalue weighted by atomic mass is 16.2. The lowest BCUT2D eigenvalue weighted by Gasteiger charge is -2.32. The molecule has 0 saturated carbocycles. The van der Waals surface area contributed by atoms with Crippen LogP contribution >= 0.6 is 0 Å². The molecule has 1 aromatic heterocycles. The van der Waals surface area contributed by atoms with Gasteiger partial charge >= 0.3 is 0 Å². The van der Waals surface area contributed by atoms with E-state index in [-0.39, 0.29) is 29.8 Å². The lowest BCUT2D eigenvalue weighted by Crippen LogP contribution is -2.47. The summed E-state index contributed by atoms with van der Waals surface area (Å²) in [6.07, 6.45) is 1.58. The summed E-state index contributed by atoms with van der Waals surface area (Å²) in [6, 6.07) is 24.3. The number of amides is 2. The molecule has 178 valence electrons. The average molecular weight is 469 g/mol. The fourth-order valence-corrected chi connectivity index (χ4v) is 4.82. The fourth-order valence-electron chi connectivity index (χ4n) is 4.82. The minimum atomic E-state index is -0.0794. The molecule has 35 heavy (non-hydrogen) atoms. The third kappa shape index (κ3) is 5.10. The number of piperidine rings is 1. The van der Waals surface area contributed by atoms with Crippen LogP contribution in [0.15, 0.2) is 83.7 Å². The lowest BCUT2D eigenvalue weighted by molar-refractivity contribution is -0.123. The Balaban J connectivity index is 1.21. The number of hydrogen-bond donors (Lipinski definition) is 2. The van der Waals surface area contributed by atoms with Crippen LogP contribution in [-0.4, -0.2) is 47.0 Å². The fraction of sp³-hybridized carbons (Fsp3) is 0.250. The van der Waals surface area contributed by atoms with Crippen molar-refractivity contribution in [2.24, 2.45) is 0 Å². The number of benzene rings is 3. The normalized spacial score (nSPS) is 14.7. The van der Waals surface area contributed by atoms with Crippen LogP contribution in [0.2, 0.25) is 0 Å². The van der Waals surface area contributed by atoms with Crippen LogP contribution in [0.25, 0.3) is 21.8 Å². The molecule has 2 amide bonds. The van der Waals surface area contributed by atoms with Gasteiger partial charge in [0.15, 0.2) is 5.43 Å². The summed E-state index contributed by atoms with van der Waals surface area (Å²) in [5, 5.41) is 7.30. The number of anilines is 1. The standard InChI is InChI=1S/C28H28N4O3/c33-26(29-20-8-2-1-3-9-20)18-31-16-14-21(15-17-31)30-27(34)19-32-24-12-6-4-10-22(24)28(35)23-11-5-7-13-25(23)32/h1-13,21H,14-19H2,(H,29,33)(H,30,34). The van der Waals surface area contributed by atoms with Crippen molar-refractivity contribution >= 4 is 39.3 Å². The maximum atomic E-state index is 13.0. The Morgan fingerprint density at radius 1 is 0.743 bits per heavy atom. The predicted molar refractivity (Wildman–Crippen MR) is 138 cm³/mol. The quantitative estimate of drug-likeness (QED) is 0.425. The van der Waals surface area contributed by atoms with E-state index >= 15 is 0 Å². The number of para-hydroxylation sites is 3. The second-order valence-corrected chi connectivity index (χ2v) is 8.98. The van der Waals surface area contributed by atoms with E-state index in [2.05, 4.69) is 15.5 Å². The van der Waals surface area contributed by atoms with E-state index < -0.39 is 0 Å². The third-order valence-corrected chi connectivity index (χ3v) is 6.56. The third-order valence-electron chi connectivity index (χ3n) is 6.56. The maximum Gasteiger partial charge on any atom is 0.240 e. The number of fused-ring (bicyclic) bond motifs is 2. The summed E-state index contributed by atoms with van der Waals surface area (Å²) < 4.78 is 1.92. The maximum absolute atomic E-state index is 13.0. The van der Waals surface area contributed by atoms with Gasteiger partial charge in [0.05, 0.1) is 17.6 Å². The van der Waals surface area contributed by atoms with Gasteiger partial charge in [-0.1, -0.05) is 42.5 Å². The van der Waals surface area contributed by atoms with Crippen molar-refractivity contribution in [2.75, 3.05) is 25.0 Å². The van der Waals surface area contributed by atoms with E-state index in [1.807, 2.05) is 83.4 Å². The summed E-state index contributed by atoms with van der Waals surface area (Å²) in [7, 11) is 0. The Bertz CT molecular complexity index is 1360. The zero-order chi connectivity index (χ0) is 24.2. The number of hydrogen-bond acceptors (Lipinski definition) is 4. The summed E-state index contributed by atoms with van der Waals surface area (Å²) in [4.78, 5) is 40.4. The molecule has 1 aliphatic rings. The van der Waals surface area contributed by atoms with Gasteiger partial charge in [0, 0.05) is 35.6 Å². The summed E-state index contributed by atoms with van der Waals surface area (Å²) >= 11 is 0. The number of likely N-dealkylation sites (tertiary alicyclic amines) is 1. The van der Waals surface area contributed by atoms with Gasteiger partial charge in [-0.3, -0.25) is 19.3 Å². The van der Waals surface area contributed by atoms with Crippen molar-refractivity contribution in [3.05, 3.63) is 89.1 Å². The van der Waals surface area contributed by atoms with Crippen LogP contribution < -0.4 is 16.1 Å². The summed E-state index contributed by atoms with van der Waals surface area (Å²) in [5.74, 6) is -0.111. The lowest BCUT2D eigenvalue weighted by atomic mass is 10.0. The molecular formula is C28H28N4O3. The van der Waals surface area contributed by atoms with Gasteiger partial charge in [0.25, 0.3) is 0 Å². The molecule has 1 aliphatic heterocycles. The van der Waals surface area contributed by atoms with E-state index in [9.17, 15) is 14.4 Å². The molecule has 0 atom stereocenters. The Morgan fingerprint density at radius 3 is 1.94 bits per heavy atom. The van der Waals surface area contributed by atoms with Crippen LogP contribution in [0.4, 0.5) is 5.69 Å². The first-order valence-corrected chi connectivity index (χ1v) is 12.0. The smallest absolute Gasteiger partial charge is 0.240 e. The van der Waals surface area contributed by atoms with Crippen LogP contribution in [-0.2, 0) is 16.1 Å². The van der Waals surface area contributed by atoms with Gasteiger partial charge in [-0.25, -0.2) is 0 Å². The van der Waals surface area contributed by atoms with Crippen molar-refractivity contribution in [1.29, 1.82) is 0 Å². The van der Waals surface area contributed by atoms with Crippen molar-refractivity contribution in [2.45, 2.75) is 25.4 Å². The minimum absolute atomic E-state index is 0.0171. The van der Waals surface area contributed by atoms with Gasteiger partial charge in [-0.2, -0.15) is 0 Å². The largest absolute Gasteiger partial charge is 0.352 e. The van der Waals surface area contributed by atoms with E-state index in [0.29, 0.717) is 17.3 Å². The molecule has 2 heterocycles. The van der Waals surface area contributed by atoms with E-state index in [0.717, 1.165) is 42.7 Å². The van der Waals surface area contributed by atoms with Crippen LogP contribution in [0.5, 0.6) is 0 Å². The van der Waals surface area contributed by atoms with Crippen molar-refractivity contribution in [1.82, 2.24) is 14.8 Å². The van der Waals surface area contributed by atoms with Gasteiger partial charge in [-0.05, 0) is 49.2 Å². The predicted octanol–water partition coefficient (Wildman–Crippen LogP) is 3.37. The van der Waals surface area contributed by atoms with E-state index in [4.69, 9.17) is 0 Å². The molecule has 0 radical (unpaired) electrons. The molecule has 5 rings (SSSR count). The molecular weight excluding hydrogens is 440 g/mol. The van der Waals surface area contributed by atoms with Gasteiger partial charge in [-0.15, -0.1) is 0 Å². The zero-order valence-electron chi connectivity index (χ0n) is 19.4. The Labute approximate surface area is 203 Å². The first-order valence-electron chi connectivity index (χ1n) is 12.0. The molecule has 0 bridgehead atoms. The zero-order valence-corrected chi connectivity index (χ0v) is 19.4. The summed E-state index contributed by atoms with van der Waals surface area (Å²) in [6.45, 7) is 1.97. The Hall–Kier alpha value is -3.97. The van der Waals surface area contributed by atoms with Gasteiger partial charge < -0.3 is 15.2 Å². The van der Waals surface area contributed by atoms with Crippen molar-refractivity contribution < 1.29 is 9.59 Å². The molecule has 7 nitrogen and oxygen atoms in total. The van der Waals surface area contributed by atoms with Crippen molar-refractivity contribution in [3.63, 3.8) is 0 Å². The molecule has 1 saturated heterocycles. The highest BCUT2D eigenvalue weighted by molar-refractivity contribution is 5.95. The molecule has 3 aromatic carbocycles. The molecule has 4 aromatic rings. The molecule has 2 N–H and O–H groups in total. The number of carbonyl (C=O) groups is 2. The second-order valence-electron chi connectivity index (χ2n) is 8.98. The van der Waals surface area contributed by atoms with Gasteiger partial charge in [0.2, 0.25) is 11.8 Å². The van der Waals surface area contributed by atoms with Crippen LogP contribution in [0.3, 0.4) is 0 Å². The van der Waals surface area contributed by atoms with Crippen molar-refractivity contribution in [3.8, 4) is 0 Å². The molecule has 7 heteroatoms. The SMILES string of the molecule is O=C(CN1CCC(NC(=O)Cn2c3ccccc3c(=O)c3ccccc32)CC1)Nc1ccccc1. The van der Waals surface area contributed by atoms with Crippen LogP contribution in [0, 0.1) is 0 Å². The minimum Gasteiger partial charge on any atom is -0.352 e. The number of rotatable bonds is 6. The molecule has 0 aliphatic carbocycles.